The molecule has 1 aromatic rings. The van der Waals surface area contributed by atoms with Crippen molar-refractivity contribution in [3.63, 3.8) is 0 Å². The highest BCUT2D eigenvalue weighted by Gasteiger charge is 2.48. The number of piperidine rings is 1. The lowest BCUT2D eigenvalue weighted by Gasteiger charge is -2.41. The van der Waals surface area contributed by atoms with Crippen molar-refractivity contribution in [3.8, 4) is 0 Å². The largest absolute Gasteiger partial charge is 0.411 e. The molecule has 0 bridgehead atoms. The zero-order valence-corrected chi connectivity index (χ0v) is 14.3. The molecule has 1 amide bonds. The highest BCUT2D eigenvalue weighted by molar-refractivity contribution is 5.79. The number of anilines is 1. The molecule has 4 heterocycles. The molecule has 144 valence electrons. The molecule has 3 aliphatic rings. The lowest BCUT2D eigenvalue weighted by atomic mass is 9.85. The maximum Gasteiger partial charge on any atom is 0.411 e. The minimum Gasteiger partial charge on any atom is -0.381 e. The van der Waals surface area contributed by atoms with Gasteiger partial charge in [-0.25, -0.2) is 4.68 Å². The SMILES string of the molecule is O=C([C@@H]1CCOC1)N1CCC[C@@H]([C@@H]2C[C@H](C(F)(F)F)n3ncnc3N2)C1. The number of amides is 1. The van der Waals surface area contributed by atoms with Crippen molar-refractivity contribution >= 4 is 11.9 Å². The highest BCUT2D eigenvalue weighted by atomic mass is 19.4. The molecule has 2 saturated heterocycles. The Bertz CT molecular complexity index is 659. The minimum atomic E-state index is -4.38. The predicted octanol–water partition coefficient (Wildman–Crippen LogP) is 1.84. The van der Waals surface area contributed by atoms with Gasteiger partial charge in [0, 0.05) is 25.7 Å². The number of nitrogens with zero attached hydrogens (tertiary/aromatic N) is 4. The molecule has 3 aliphatic heterocycles. The quantitative estimate of drug-likeness (QED) is 0.857. The second-order valence-corrected chi connectivity index (χ2v) is 7.32. The van der Waals surface area contributed by atoms with E-state index in [9.17, 15) is 18.0 Å². The number of fused-ring (bicyclic) bond motifs is 1. The summed E-state index contributed by atoms with van der Waals surface area (Å²) in [6.45, 7) is 2.19. The van der Waals surface area contributed by atoms with Crippen LogP contribution in [0.15, 0.2) is 6.33 Å². The molecule has 1 N–H and O–H groups in total. The Balaban J connectivity index is 1.48. The van der Waals surface area contributed by atoms with Crippen LogP contribution in [0.2, 0.25) is 0 Å². The molecule has 4 atom stereocenters. The van der Waals surface area contributed by atoms with Crippen molar-refractivity contribution < 1.29 is 22.7 Å². The van der Waals surface area contributed by atoms with Crippen molar-refractivity contribution in [2.24, 2.45) is 11.8 Å². The minimum absolute atomic E-state index is 0.0367. The van der Waals surface area contributed by atoms with Crippen LogP contribution in [-0.2, 0) is 9.53 Å². The van der Waals surface area contributed by atoms with Crippen molar-refractivity contribution in [3.05, 3.63) is 6.33 Å². The van der Waals surface area contributed by atoms with Gasteiger partial charge in [0.2, 0.25) is 11.9 Å². The van der Waals surface area contributed by atoms with E-state index in [0.717, 1.165) is 30.3 Å². The third-order valence-corrected chi connectivity index (χ3v) is 5.66. The summed E-state index contributed by atoms with van der Waals surface area (Å²) in [6, 6.07) is -2.06. The number of halogens is 3. The fraction of sp³-hybridized carbons (Fsp3) is 0.812. The molecule has 0 aromatic carbocycles. The number of likely N-dealkylation sites (tertiary alicyclic amines) is 1. The summed E-state index contributed by atoms with van der Waals surface area (Å²) >= 11 is 0. The Morgan fingerprint density at radius 2 is 2.19 bits per heavy atom. The molecular formula is C16H22F3N5O2. The second-order valence-electron chi connectivity index (χ2n) is 7.32. The number of hydrogen-bond donors (Lipinski definition) is 1. The van der Waals surface area contributed by atoms with E-state index < -0.39 is 12.2 Å². The van der Waals surface area contributed by atoms with Crippen LogP contribution in [0, 0.1) is 11.8 Å². The smallest absolute Gasteiger partial charge is 0.381 e. The molecular weight excluding hydrogens is 351 g/mol. The first-order chi connectivity index (χ1) is 12.4. The standard InChI is InChI=1S/C16H22F3N5O2/c17-16(18,19)13-6-12(22-15-20-9-21-24(13)15)10-2-1-4-23(7-10)14(25)11-3-5-26-8-11/h9-13H,1-8H2,(H,20,21,22)/t10-,11-,12+,13-/m1/s1. The molecule has 0 spiro atoms. The first kappa shape index (κ1) is 17.6. The second kappa shape index (κ2) is 6.71. The van der Waals surface area contributed by atoms with Gasteiger partial charge in [0.1, 0.15) is 6.33 Å². The van der Waals surface area contributed by atoms with Crippen LogP contribution in [0.4, 0.5) is 19.1 Å². The summed E-state index contributed by atoms with van der Waals surface area (Å²) in [5.74, 6) is 0.0687. The van der Waals surface area contributed by atoms with E-state index in [-0.39, 0.29) is 36.2 Å². The van der Waals surface area contributed by atoms with Crippen LogP contribution in [0.1, 0.15) is 31.7 Å². The molecule has 26 heavy (non-hydrogen) atoms. The summed E-state index contributed by atoms with van der Waals surface area (Å²) in [5.41, 5.74) is 0. The number of alkyl halides is 3. The molecule has 1 aromatic heterocycles. The summed E-state index contributed by atoms with van der Waals surface area (Å²) in [5, 5.41) is 6.83. The normalized spacial score (nSPS) is 32.2. The van der Waals surface area contributed by atoms with Crippen molar-refractivity contribution in [1.82, 2.24) is 19.7 Å². The molecule has 7 nitrogen and oxygen atoms in total. The van der Waals surface area contributed by atoms with Gasteiger partial charge in [-0.15, -0.1) is 0 Å². The number of nitrogens with one attached hydrogen (secondary N) is 1. The third kappa shape index (κ3) is 3.26. The molecule has 2 fully saturated rings. The lowest BCUT2D eigenvalue weighted by Crippen LogP contribution is -2.50. The lowest BCUT2D eigenvalue weighted by molar-refractivity contribution is -0.175. The predicted molar refractivity (Wildman–Crippen MR) is 85.4 cm³/mol. The van der Waals surface area contributed by atoms with Crippen molar-refractivity contribution in [1.29, 1.82) is 0 Å². The molecule has 0 aliphatic carbocycles. The maximum absolute atomic E-state index is 13.5. The van der Waals surface area contributed by atoms with Crippen LogP contribution < -0.4 is 5.32 Å². The number of hydrogen-bond acceptors (Lipinski definition) is 5. The maximum atomic E-state index is 13.5. The summed E-state index contributed by atoms with van der Waals surface area (Å²) in [7, 11) is 0. The summed E-state index contributed by atoms with van der Waals surface area (Å²) < 4.78 is 46.6. The number of rotatable bonds is 2. The average Bonchev–Trinajstić information content (AvgIpc) is 3.31. The number of carbonyl (C=O) groups is 1. The molecule has 0 unspecified atom stereocenters. The Morgan fingerprint density at radius 3 is 2.92 bits per heavy atom. The van der Waals surface area contributed by atoms with E-state index >= 15 is 0 Å². The van der Waals surface area contributed by atoms with Crippen LogP contribution >= 0.6 is 0 Å². The van der Waals surface area contributed by atoms with Crippen molar-refractivity contribution in [2.75, 3.05) is 31.6 Å². The summed E-state index contributed by atoms with van der Waals surface area (Å²) in [6.07, 6.45) is -1.03. The van der Waals surface area contributed by atoms with Crippen molar-refractivity contribution in [2.45, 2.75) is 43.9 Å². The Hall–Kier alpha value is -1.84. The van der Waals surface area contributed by atoms with E-state index in [1.54, 1.807) is 4.90 Å². The topological polar surface area (TPSA) is 72.3 Å². The van der Waals surface area contributed by atoms with E-state index in [0.29, 0.717) is 26.3 Å². The molecule has 10 heteroatoms. The van der Waals surface area contributed by atoms with E-state index in [1.165, 1.54) is 0 Å². The van der Waals surface area contributed by atoms with Gasteiger partial charge in [-0.05, 0) is 31.6 Å². The summed E-state index contributed by atoms with van der Waals surface area (Å²) in [4.78, 5) is 18.4. The van der Waals surface area contributed by atoms with E-state index in [4.69, 9.17) is 4.74 Å². The highest BCUT2D eigenvalue weighted by Crippen LogP contribution is 2.41. The Morgan fingerprint density at radius 1 is 1.35 bits per heavy atom. The van der Waals surface area contributed by atoms with Gasteiger partial charge in [0.25, 0.3) is 0 Å². The fourth-order valence-electron chi connectivity index (χ4n) is 4.26. The van der Waals surface area contributed by atoms with E-state index in [1.807, 2.05) is 0 Å². The van der Waals surface area contributed by atoms with Gasteiger partial charge < -0.3 is 15.0 Å². The zero-order valence-electron chi connectivity index (χ0n) is 14.3. The Labute approximate surface area is 148 Å². The van der Waals surface area contributed by atoms with Gasteiger partial charge in [-0.2, -0.15) is 23.3 Å². The first-order valence-corrected chi connectivity index (χ1v) is 9.03. The van der Waals surface area contributed by atoms with Crippen LogP contribution in [0.25, 0.3) is 0 Å². The van der Waals surface area contributed by atoms with Gasteiger partial charge in [-0.1, -0.05) is 0 Å². The Kier molecular flexibility index (Phi) is 4.54. The van der Waals surface area contributed by atoms with E-state index in [2.05, 4.69) is 15.4 Å². The van der Waals surface area contributed by atoms with Crippen LogP contribution in [0.5, 0.6) is 0 Å². The molecule has 0 radical (unpaired) electrons. The monoisotopic (exact) mass is 373 g/mol. The fourth-order valence-corrected chi connectivity index (χ4v) is 4.26. The number of carbonyl (C=O) groups excluding carboxylic acids is 1. The average molecular weight is 373 g/mol. The third-order valence-electron chi connectivity index (χ3n) is 5.66. The van der Waals surface area contributed by atoms with Gasteiger partial charge in [0.05, 0.1) is 12.5 Å². The molecule has 4 rings (SSSR count). The zero-order chi connectivity index (χ0) is 18.3. The van der Waals surface area contributed by atoms with Crippen LogP contribution in [0.3, 0.4) is 0 Å². The van der Waals surface area contributed by atoms with Gasteiger partial charge >= 0.3 is 6.18 Å². The number of aromatic nitrogens is 3. The van der Waals surface area contributed by atoms with Gasteiger partial charge in [-0.3, -0.25) is 4.79 Å². The van der Waals surface area contributed by atoms with Crippen LogP contribution in [-0.4, -0.2) is 64.1 Å². The number of ether oxygens (including phenoxy) is 1. The first-order valence-electron chi connectivity index (χ1n) is 9.03. The molecule has 0 saturated carbocycles. The van der Waals surface area contributed by atoms with Gasteiger partial charge in [0.15, 0.2) is 6.04 Å².